The van der Waals surface area contributed by atoms with E-state index in [9.17, 15) is 13.2 Å². The van der Waals surface area contributed by atoms with E-state index in [1.807, 2.05) is 13.0 Å². The lowest BCUT2D eigenvalue weighted by atomic mass is 10.2. The van der Waals surface area contributed by atoms with Crippen LogP contribution >= 0.6 is 0 Å². The van der Waals surface area contributed by atoms with Gasteiger partial charge >= 0.3 is 6.18 Å². The first kappa shape index (κ1) is 16.9. The summed E-state index contributed by atoms with van der Waals surface area (Å²) in [6, 6.07) is 3.97. The molecule has 7 nitrogen and oxygen atoms in total. The van der Waals surface area contributed by atoms with Crippen molar-refractivity contribution in [3.8, 4) is 5.88 Å². The van der Waals surface area contributed by atoms with Crippen LogP contribution in [0.4, 0.5) is 19.0 Å². The van der Waals surface area contributed by atoms with Gasteiger partial charge in [0.05, 0.1) is 6.54 Å². The van der Waals surface area contributed by atoms with Gasteiger partial charge in [0.2, 0.25) is 5.88 Å². The number of hydrogen-bond donors (Lipinski definition) is 1. The monoisotopic (exact) mass is 352 g/mol. The number of rotatable bonds is 6. The van der Waals surface area contributed by atoms with Gasteiger partial charge in [-0.25, -0.2) is 9.97 Å². The van der Waals surface area contributed by atoms with E-state index >= 15 is 0 Å². The number of ether oxygens (including phenoxy) is 1. The molecule has 0 aliphatic heterocycles. The Morgan fingerprint density at radius 1 is 1.28 bits per heavy atom. The highest BCUT2D eigenvalue weighted by atomic mass is 19.4. The van der Waals surface area contributed by atoms with Crippen LogP contribution in [0.15, 0.2) is 30.7 Å². The summed E-state index contributed by atoms with van der Waals surface area (Å²) in [7, 11) is 0. The van der Waals surface area contributed by atoms with Crippen LogP contribution in [-0.2, 0) is 12.6 Å². The van der Waals surface area contributed by atoms with Gasteiger partial charge in [0.25, 0.3) is 5.78 Å². The summed E-state index contributed by atoms with van der Waals surface area (Å²) in [5.74, 6) is 0.651. The first-order valence-electron chi connectivity index (χ1n) is 7.57. The van der Waals surface area contributed by atoms with E-state index in [0.29, 0.717) is 11.6 Å². The van der Waals surface area contributed by atoms with Crippen molar-refractivity contribution in [3.05, 3.63) is 42.0 Å². The van der Waals surface area contributed by atoms with Crippen molar-refractivity contribution < 1.29 is 17.9 Å². The van der Waals surface area contributed by atoms with Crippen molar-refractivity contribution in [2.24, 2.45) is 0 Å². The van der Waals surface area contributed by atoms with Gasteiger partial charge in [0, 0.05) is 18.0 Å². The van der Waals surface area contributed by atoms with Crippen LogP contribution in [0.25, 0.3) is 5.78 Å². The highest BCUT2D eigenvalue weighted by Crippen LogP contribution is 2.34. The molecule has 3 heterocycles. The Morgan fingerprint density at radius 2 is 2.12 bits per heavy atom. The molecule has 0 saturated heterocycles. The topological polar surface area (TPSA) is 77.2 Å². The highest BCUT2D eigenvalue weighted by molar-refractivity contribution is 5.45. The zero-order valence-electron chi connectivity index (χ0n) is 13.3. The molecule has 0 atom stereocenters. The molecular formula is C15H15F3N6O. The van der Waals surface area contributed by atoms with Gasteiger partial charge in [-0.15, -0.1) is 0 Å². The summed E-state index contributed by atoms with van der Waals surface area (Å²) in [4.78, 5) is 12.0. The average molecular weight is 352 g/mol. The fourth-order valence-electron chi connectivity index (χ4n) is 2.22. The second kappa shape index (κ2) is 6.91. The van der Waals surface area contributed by atoms with Crippen LogP contribution < -0.4 is 10.1 Å². The normalized spacial score (nSPS) is 11.7. The molecule has 0 unspecified atom stereocenters. The Balaban J connectivity index is 1.66. The molecule has 0 amide bonds. The number of nitrogens with one attached hydrogen (secondary N) is 1. The minimum atomic E-state index is -4.51. The number of nitrogens with zero attached hydrogens (tertiary/aromatic N) is 5. The predicted octanol–water partition coefficient (Wildman–Crippen LogP) is 2.59. The van der Waals surface area contributed by atoms with Crippen LogP contribution in [0, 0.1) is 0 Å². The van der Waals surface area contributed by atoms with E-state index in [1.165, 1.54) is 23.1 Å². The predicted molar refractivity (Wildman–Crippen MR) is 83.4 cm³/mol. The van der Waals surface area contributed by atoms with Gasteiger partial charge in [-0.05, 0) is 18.6 Å². The molecule has 25 heavy (non-hydrogen) atoms. The maximum Gasteiger partial charge on any atom is 0.421 e. The first-order chi connectivity index (χ1) is 12.0. The van der Waals surface area contributed by atoms with E-state index < -0.39 is 17.6 Å². The van der Waals surface area contributed by atoms with Crippen LogP contribution in [0.3, 0.4) is 0 Å². The third-order valence-electron chi connectivity index (χ3n) is 3.39. The minimum absolute atomic E-state index is 0.0000645. The molecule has 0 radical (unpaired) electrons. The SMILES string of the molecule is CCc1cc(NCCOc2ncccc2C(F)(F)F)n2ncnc2n1. The second-order valence-corrected chi connectivity index (χ2v) is 5.09. The lowest BCUT2D eigenvalue weighted by Crippen LogP contribution is -2.17. The zero-order valence-corrected chi connectivity index (χ0v) is 13.3. The highest BCUT2D eigenvalue weighted by Gasteiger charge is 2.34. The quantitative estimate of drug-likeness (QED) is 0.687. The molecule has 3 aromatic rings. The van der Waals surface area contributed by atoms with E-state index in [2.05, 4.69) is 25.4 Å². The minimum Gasteiger partial charge on any atom is -0.475 e. The summed E-state index contributed by atoms with van der Waals surface area (Å²) in [5, 5.41) is 7.12. The zero-order chi connectivity index (χ0) is 17.9. The van der Waals surface area contributed by atoms with Gasteiger partial charge in [0.1, 0.15) is 24.3 Å². The largest absolute Gasteiger partial charge is 0.475 e. The number of alkyl halides is 3. The van der Waals surface area contributed by atoms with Crippen molar-refractivity contribution in [3.63, 3.8) is 0 Å². The number of hydrogen-bond acceptors (Lipinski definition) is 6. The van der Waals surface area contributed by atoms with Crippen LogP contribution in [0.5, 0.6) is 5.88 Å². The van der Waals surface area contributed by atoms with Gasteiger partial charge in [0.15, 0.2) is 0 Å². The molecule has 0 saturated carbocycles. The fraction of sp³-hybridized carbons (Fsp3) is 0.333. The van der Waals surface area contributed by atoms with E-state index in [-0.39, 0.29) is 13.2 Å². The van der Waals surface area contributed by atoms with Gasteiger partial charge in [-0.3, -0.25) is 0 Å². The first-order valence-corrected chi connectivity index (χ1v) is 7.57. The molecule has 0 aliphatic carbocycles. The summed E-state index contributed by atoms with van der Waals surface area (Å²) in [6.07, 6.45) is -1.15. The van der Waals surface area contributed by atoms with Crippen LogP contribution in [0.1, 0.15) is 18.2 Å². The standard InChI is InChI=1S/C15H15F3N6O/c1-2-10-8-12(24-14(23-10)21-9-22-24)19-6-7-25-13-11(15(16,17)18)4-3-5-20-13/h3-5,8-9,19H,2,6-7H2,1H3. The lowest BCUT2D eigenvalue weighted by molar-refractivity contribution is -0.139. The third-order valence-corrected chi connectivity index (χ3v) is 3.39. The molecule has 0 aliphatic rings. The smallest absolute Gasteiger partial charge is 0.421 e. The lowest BCUT2D eigenvalue weighted by Gasteiger charge is -2.13. The molecular weight excluding hydrogens is 337 g/mol. The van der Waals surface area contributed by atoms with E-state index in [0.717, 1.165) is 18.2 Å². The van der Waals surface area contributed by atoms with Crippen LogP contribution in [-0.4, -0.2) is 37.7 Å². The fourth-order valence-corrected chi connectivity index (χ4v) is 2.22. The molecule has 3 aromatic heterocycles. The Labute approximate surface area is 140 Å². The molecule has 10 heteroatoms. The van der Waals surface area contributed by atoms with Crippen molar-refractivity contribution in [2.75, 3.05) is 18.5 Å². The number of halogens is 3. The van der Waals surface area contributed by atoms with Crippen LogP contribution in [0.2, 0.25) is 0 Å². The Hall–Kier alpha value is -2.91. The molecule has 0 bridgehead atoms. The number of fused-ring (bicyclic) bond motifs is 1. The number of pyridine rings is 1. The second-order valence-electron chi connectivity index (χ2n) is 5.09. The average Bonchev–Trinajstić information content (AvgIpc) is 3.06. The summed E-state index contributed by atoms with van der Waals surface area (Å²) >= 11 is 0. The van der Waals surface area contributed by atoms with Crippen molar-refractivity contribution in [2.45, 2.75) is 19.5 Å². The number of aromatic nitrogens is 5. The Bertz CT molecular complexity index is 864. The molecule has 132 valence electrons. The van der Waals surface area contributed by atoms with E-state index in [1.54, 1.807) is 0 Å². The Kier molecular flexibility index (Phi) is 4.68. The molecule has 1 N–H and O–H groups in total. The van der Waals surface area contributed by atoms with Gasteiger partial charge < -0.3 is 10.1 Å². The maximum absolute atomic E-state index is 12.9. The molecule has 0 spiro atoms. The molecule has 0 aromatic carbocycles. The molecule has 0 fully saturated rings. The third kappa shape index (κ3) is 3.78. The summed E-state index contributed by atoms with van der Waals surface area (Å²) in [6.45, 7) is 2.22. The number of anilines is 1. The Morgan fingerprint density at radius 3 is 2.88 bits per heavy atom. The summed E-state index contributed by atoms with van der Waals surface area (Å²) in [5.41, 5.74) is -0.0705. The summed E-state index contributed by atoms with van der Waals surface area (Å²) < 4.78 is 45.3. The molecule has 3 rings (SSSR count). The maximum atomic E-state index is 12.9. The van der Waals surface area contributed by atoms with Gasteiger partial charge in [-0.2, -0.15) is 27.8 Å². The van der Waals surface area contributed by atoms with Crippen molar-refractivity contribution in [1.29, 1.82) is 0 Å². The van der Waals surface area contributed by atoms with E-state index in [4.69, 9.17) is 4.74 Å². The van der Waals surface area contributed by atoms with Gasteiger partial charge in [-0.1, -0.05) is 6.92 Å². The van der Waals surface area contributed by atoms with Crippen molar-refractivity contribution >= 4 is 11.6 Å². The number of aryl methyl sites for hydroxylation is 1. The van der Waals surface area contributed by atoms with Crippen molar-refractivity contribution in [1.82, 2.24) is 24.6 Å².